The van der Waals surface area contributed by atoms with Crippen LogP contribution in [0.15, 0.2) is 152 Å². The average Bonchev–Trinajstić information content (AvgIpc) is 3.17. The summed E-state index contributed by atoms with van der Waals surface area (Å²) >= 11 is 0. The summed E-state index contributed by atoms with van der Waals surface area (Å²) in [4.78, 5) is 25.1. The quantitative estimate of drug-likeness (QED) is 0.186. The predicted molar refractivity (Wildman–Crippen MR) is 197 cm³/mol. The summed E-state index contributed by atoms with van der Waals surface area (Å²) < 4.78 is 0. The number of hydrogen-bond acceptors (Lipinski definition) is 5. The van der Waals surface area contributed by atoms with E-state index in [9.17, 15) is 0 Å². The van der Waals surface area contributed by atoms with Gasteiger partial charge >= 0.3 is 0 Å². The third kappa shape index (κ3) is 4.15. The SMILES string of the molecule is c1ccc(-c2ccc3ccc4ccc(-c5ccc(-c6nc7ccccc7c7cnc8c(ccc9cccnc98)c67)cc5)nc4c3n2)cc1. The van der Waals surface area contributed by atoms with Crippen LogP contribution in [0.2, 0.25) is 0 Å². The van der Waals surface area contributed by atoms with Gasteiger partial charge in [-0.3, -0.25) is 9.97 Å². The predicted octanol–water partition coefficient (Wildman–Crippen LogP) is 10.6. The van der Waals surface area contributed by atoms with E-state index >= 15 is 0 Å². The average molecular weight is 612 g/mol. The molecule has 10 rings (SSSR count). The minimum Gasteiger partial charge on any atom is -0.254 e. The zero-order valence-corrected chi connectivity index (χ0v) is 25.7. The van der Waals surface area contributed by atoms with Crippen molar-refractivity contribution in [3.63, 3.8) is 0 Å². The van der Waals surface area contributed by atoms with E-state index in [0.717, 1.165) is 99.1 Å². The van der Waals surface area contributed by atoms with Crippen molar-refractivity contribution >= 4 is 65.3 Å². The van der Waals surface area contributed by atoms with Gasteiger partial charge in [-0.1, -0.05) is 115 Å². The number of fused-ring (bicyclic) bond motifs is 10. The molecule has 0 saturated heterocycles. The molecule has 0 amide bonds. The van der Waals surface area contributed by atoms with Crippen molar-refractivity contribution in [1.29, 1.82) is 0 Å². The molecule has 0 aliphatic heterocycles. The van der Waals surface area contributed by atoms with Crippen LogP contribution in [0.4, 0.5) is 0 Å². The second-order valence-corrected chi connectivity index (χ2v) is 12.1. The van der Waals surface area contributed by atoms with Gasteiger partial charge in [0.15, 0.2) is 0 Å². The Kier molecular flexibility index (Phi) is 5.81. The molecule has 48 heavy (non-hydrogen) atoms. The highest BCUT2D eigenvalue weighted by Gasteiger charge is 2.16. The van der Waals surface area contributed by atoms with Crippen LogP contribution in [-0.2, 0) is 0 Å². The van der Waals surface area contributed by atoms with Crippen LogP contribution in [0.1, 0.15) is 0 Å². The summed E-state index contributed by atoms with van der Waals surface area (Å²) in [5.74, 6) is 0. The number of nitrogens with zero attached hydrogens (tertiary/aromatic N) is 5. The standard InChI is InChI=1S/C43H25N5/c1-2-7-26(8-3-1)35-22-19-30-16-17-31-20-23-36(47-42(31)41(30)46-35)27-12-14-29(15-13-27)39-38-33-21-18-28-9-6-24-44-40(28)43(33)45-25-34(38)32-10-4-5-11-37(32)48-39/h1-25H. The van der Waals surface area contributed by atoms with E-state index in [4.69, 9.17) is 24.9 Å². The first kappa shape index (κ1) is 26.6. The van der Waals surface area contributed by atoms with Gasteiger partial charge in [0.1, 0.15) is 0 Å². The largest absolute Gasteiger partial charge is 0.254 e. The first-order valence-electron chi connectivity index (χ1n) is 16.0. The molecule has 5 heterocycles. The van der Waals surface area contributed by atoms with Crippen molar-refractivity contribution < 1.29 is 0 Å². The summed E-state index contributed by atoms with van der Waals surface area (Å²) in [7, 11) is 0. The van der Waals surface area contributed by atoms with Crippen LogP contribution in [0.5, 0.6) is 0 Å². The van der Waals surface area contributed by atoms with E-state index in [1.54, 1.807) is 0 Å². The molecule has 0 aliphatic rings. The minimum atomic E-state index is 0.882. The summed E-state index contributed by atoms with van der Waals surface area (Å²) in [5.41, 5.74) is 10.4. The summed E-state index contributed by atoms with van der Waals surface area (Å²) in [6.07, 6.45) is 3.81. The van der Waals surface area contributed by atoms with Gasteiger partial charge < -0.3 is 0 Å². The Labute approximate surface area is 275 Å². The molecule has 0 aliphatic carbocycles. The fourth-order valence-electron chi connectivity index (χ4n) is 6.94. The third-order valence-corrected chi connectivity index (χ3v) is 9.32. The molecule has 5 nitrogen and oxygen atoms in total. The highest BCUT2D eigenvalue weighted by atomic mass is 14.8. The van der Waals surface area contributed by atoms with Crippen molar-refractivity contribution in [2.24, 2.45) is 0 Å². The van der Waals surface area contributed by atoms with Crippen molar-refractivity contribution in [3.8, 4) is 33.8 Å². The van der Waals surface area contributed by atoms with Gasteiger partial charge in [-0.15, -0.1) is 0 Å². The summed E-state index contributed by atoms with van der Waals surface area (Å²) in [6, 6.07) is 48.1. The number of hydrogen-bond donors (Lipinski definition) is 0. The van der Waals surface area contributed by atoms with E-state index in [-0.39, 0.29) is 0 Å². The van der Waals surface area contributed by atoms with Gasteiger partial charge in [0.05, 0.1) is 44.7 Å². The number of rotatable bonds is 3. The lowest BCUT2D eigenvalue weighted by molar-refractivity contribution is 1.36. The lowest BCUT2D eigenvalue weighted by Crippen LogP contribution is -1.94. The van der Waals surface area contributed by atoms with Gasteiger partial charge in [-0.05, 0) is 24.3 Å². The fraction of sp³-hybridized carbons (Fsp3) is 0. The minimum absolute atomic E-state index is 0.882. The highest BCUT2D eigenvalue weighted by molar-refractivity contribution is 6.23. The third-order valence-electron chi connectivity index (χ3n) is 9.32. The smallest absolute Gasteiger partial charge is 0.0972 e. The fourth-order valence-corrected chi connectivity index (χ4v) is 6.94. The lowest BCUT2D eigenvalue weighted by Gasteiger charge is -2.13. The Morgan fingerprint density at radius 3 is 1.75 bits per heavy atom. The molecule has 0 fully saturated rings. The van der Waals surface area contributed by atoms with Crippen LogP contribution in [0.3, 0.4) is 0 Å². The van der Waals surface area contributed by atoms with Crippen molar-refractivity contribution in [2.75, 3.05) is 0 Å². The van der Waals surface area contributed by atoms with Gasteiger partial charge in [0, 0.05) is 66.8 Å². The van der Waals surface area contributed by atoms with E-state index in [0.29, 0.717) is 0 Å². The molecule has 0 atom stereocenters. The molecule has 0 spiro atoms. The first-order valence-corrected chi connectivity index (χ1v) is 16.0. The van der Waals surface area contributed by atoms with Crippen LogP contribution >= 0.6 is 0 Å². The number of pyridine rings is 5. The maximum absolute atomic E-state index is 5.24. The number of benzene rings is 5. The molecule has 222 valence electrons. The normalized spacial score (nSPS) is 11.8. The van der Waals surface area contributed by atoms with Crippen molar-refractivity contribution in [3.05, 3.63) is 152 Å². The van der Waals surface area contributed by atoms with Crippen molar-refractivity contribution in [2.45, 2.75) is 0 Å². The molecular formula is C43H25N5. The number of para-hydroxylation sites is 1. The second kappa shape index (κ2) is 10.5. The molecule has 0 saturated carbocycles. The van der Waals surface area contributed by atoms with Gasteiger partial charge in [-0.25, -0.2) is 15.0 Å². The number of aromatic nitrogens is 5. The molecule has 5 aromatic carbocycles. The van der Waals surface area contributed by atoms with Gasteiger partial charge in [0.2, 0.25) is 0 Å². The zero-order chi connectivity index (χ0) is 31.6. The van der Waals surface area contributed by atoms with E-state index in [2.05, 4.69) is 109 Å². The van der Waals surface area contributed by atoms with Gasteiger partial charge in [0.25, 0.3) is 0 Å². The van der Waals surface area contributed by atoms with Crippen LogP contribution in [-0.4, -0.2) is 24.9 Å². The molecule has 5 heteroatoms. The summed E-state index contributed by atoms with van der Waals surface area (Å²) in [6.45, 7) is 0. The second-order valence-electron chi connectivity index (χ2n) is 12.1. The molecular weight excluding hydrogens is 587 g/mol. The van der Waals surface area contributed by atoms with Crippen LogP contribution < -0.4 is 0 Å². The van der Waals surface area contributed by atoms with Gasteiger partial charge in [-0.2, -0.15) is 0 Å². The maximum atomic E-state index is 5.24. The molecule has 0 unspecified atom stereocenters. The maximum Gasteiger partial charge on any atom is 0.0972 e. The Bertz CT molecular complexity index is 2880. The lowest BCUT2D eigenvalue weighted by atomic mass is 9.96. The van der Waals surface area contributed by atoms with Crippen LogP contribution in [0.25, 0.3) is 99.1 Å². The Balaban J connectivity index is 1.14. The zero-order valence-electron chi connectivity index (χ0n) is 25.7. The molecule has 10 aromatic rings. The topological polar surface area (TPSA) is 64.5 Å². The van der Waals surface area contributed by atoms with E-state index in [1.165, 1.54) is 0 Å². The Morgan fingerprint density at radius 2 is 0.979 bits per heavy atom. The molecule has 0 radical (unpaired) electrons. The summed E-state index contributed by atoms with van der Waals surface area (Å²) in [5, 5.41) is 7.48. The Hall–Kier alpha value is -6.59. The highest BCUT2D eigenvalue weighted by Crippen LogP contribution is 2.38. The first-order chi connectivity index (χ1) is 23.8. The monoisotopic (exact) mass is 611 g/mol. The Morgan fingerprint density at radius 1 is 0.354 bits per heavy atom. The van der Waals surface area contributed by atoms with E-state index in [1.807, 2.05) is 42.7 Å². The van der Waals surface area contributed by atoms with Crippen molar-refractivity contribution in [1.82, 2.24) is 24.9 Å². The molecule has 0 bridgehead atoms. The molecule has 0 N–H and O–H groups in total. The van der Waals surface area contributed by atoms with Crippen LogP contribution in [0, 0.1) is 0 Å². The molecule has 5 aromatic heterocycles. The van der Waals surface area contributed by atoms with E-state index < -0.39 is 0 Å².